The van der Waals surface area contributed by atoms with Gasteiger partial charge >= 0.3 is 0 Å². The van der Waals surface area contributed by atoms with E-state index >= 15 is 0 Å². The van der Waals surface area contributed by atoms with Crippen LogP contribution in [0.4, 0.5) is 0 Å². The second-order valence-corrected chi connectivity index (χ2v) is 4.49. The molecule has 0 radical (unpaired) electrons. The third-order valence-corrected chi connectivity index (χ3v) is 3.59. The monoisotopic (exact) mass is 197 g/mol. The first-order chi connectivity index (χ1) is 6.83. The molecular formula is C11H19NO2. The number of aliphatic hydroxyl groups is 1. The fraction of sp³-hybridized carbons (Fsp3) is 0.909. The van der Waals surface area contributed by atoms with Crippen LogP contribution in [0, 0.1) is 5.92 Å². The Morgan fingerprint density at radius 1 is 1.21 bits per heavy atom. The number of rotatable bonds is 2. The molecule has 0 spiro atoms. The van der Waals surface area contributed by atoms with Crippen molar-refractivity contribution in [1.82, 2.24) is 4.90 Å². The van der Waals surface area contributed by atoms with Crippen LogP contribution in [0.5, 0.6) is 0 Å². The number of amides is 1. The Bertz CT molecular complexity index is 205. The van der Waals surface area contributed by atoms with Crippen molar-refractivity contribution in [2.45, 2.75) is 44.6 Å². The minimum atomic E-state index is 0.129. The van der Waals surface area contributed by atoms with E-state index in [9.17, 15) is 4.79 Å². The highest BCUT2D eigenvalue weighted by atomic mass is 16.3. The zero-order chi connectivity index (χ0) is 9.97. The first-order valence-electron chi connectivity index (χ1n) is 5.74. The molecule has 1 N–H and O–H groups in total. The maximum absolute atomic E-state index is 12.0. The van der Waals surface area contributed by atoms with Gasteiger partial charge < -0.3 is 10.0 Å². The number of aliphatic hydroxyl groups excluding tert-OH is 1. The molecule has 80 valence electrons. The lowest BCUT2D eigenvalue weighted by Crippen LogP contribution is -2.55. The molecule has 3 heteroatoms. The summed E-state index contributed by atoms with van der Waals surface area (Å²) in [5.41, 5.74) is 0. The van der Waals surface area contributed by atoms with Crippen molar-refractivity contribution in [2.24, 2.45) is 5.92 Å². The highest BCUT2D eigenvalue weighted by Gasteiger charge is 2.35. The van der Waals surface area contributed by atoms with Gasteiger partial charge in [-0.2, -0.15) is 0 Å². The molecule has 1 aliphatic heterocycles. The molecule has 1 heterocycles. The zero-order valence-electron chi connectivity index (χ0n) is 8.61. The lowest BCUT2D eigenvalue weighted by Gasteiger charge is -2.42. The average molecular weight is 197 g/mol. The van der Waals surface area contributed by atoms with E-state index in [0.717, 1.165) is 25.8 Å². The Hall–Kier alpha value is -0.570. The van der Waals surface area contributed by atoms with Crippen molar-refractivity contribution < 1.29 is 9.90 Å². The maximum Gasteiger partial charge on any atom is 0.226 e. The Morgan fingerprint density at radius 3 is 2.43 bits per heavy atom. The molecule has 1 saturated carbocycles. The third kappa shape index (κ3) is 1.78. The van der Waals surface area contributed by atoms with Gasteiger partial charge in [0, 0.05) is 12.5 Å². The van der Waals surface area contributed by atoms with Crippen LogP contribution in [0.1, 0.15) is 38.5 Å². The number of carbonyl (C=O) groups excluding carboxylic acids is 1. The Kier molecular flexibility index (Phi) is 3.06. The molecule has 0 aromatic heterocycles. The second-order valence-electron chi connectivity index (χ2n) is 4.49. The molecule has 14 heavy (non-hydrogen) atoms. The van der Waals surface area contributed by atoms with E-state index < -0.39 is 0 Å². The molecule has 1 saturated heterocycles. The van der Waals surface area contributed by atoms with E-state index in [1.165, 1.54) is 19.3 Å². The molecule has 2 rings (SSSR count). The van der Waals surface area contributed by atoms with Crippen molar-refractivity contribution >= 4 is 5.91 Å². The van der Waals surface area contributed by atoms with E-state index in [1.807, 2.05) is 4.90 Å². The van der Waals surface area contributed by atoms with Crippen LogP contribution in [0.2, 0.25) is 0 Å². The van der Waals surface area contributed by atoms with Crippen LogP contribution in [-0.4, -0.2) is 35.1 Å². The second kappa shape index (κ2) is 4.30. The molecule has 1 amide bonds. The smallest absolute Gasteiger partial charge is 0.226 e. The summed E-state index contributed by atoms with van der Waals surface area (Å²) in [5, 5.41) is 9.01. The highest BCUT2D eigenvalue weighted by Crippen LogP contribution is 2.28. The van der Waals surface area contributed by atoms with Crippen LogP contribution >= 0.6 is 0 Å². The summed E-state index contributed by atoms with van der Waals surface area (Å²) in [6.07, 6.45) is 6.80. The molecule has 0 aromatic carbocycles. The van der Waals surface area contributed by atoms with Gasteiger partial charge in [0.25, 0.3) is 0 Å². The van der Waals surface area contributed by atoms with Gasteiger partial charge in [-0.15, -0.1) is 0 Å². The van der Waals surface area contributed by atoms with E-state index in [1.54, 1.807) is 0 Å². The Balaban J connectivity index is 1.87. The normalized spacial score (nSPS) is 28.6. The summed E-state index contributed by atoms with van der Waals surface area (Å²) in [4.78, 5) is 13.8. The van der Waals surface area contributed by atoms with E-state index in [-0.39, 0.29) is 18.6 Å². The SMILES string of the molecule is O=C(C1CCCCC1)N1CCC1CO. The Morgan fingerprint density at radius 2 is 1.93 bits per heavy atom. The fourth-order valence-corrected chi connectivity index (χ4v) is 2.50. The molecule has 0 bridgehead atoms. The maximum atomic E-state index is 12.0. The molecule has 3 nitrogen and oxygen atoms in total. The molecule has 0 aromatic rings. The standard InChI is InChI=1S/C11H19NO2/c13-8-10-6-7-12(10)11(14)9-4-2-1-3-5-9/h9-10,13H,1-8H2. The van der Waals surface area contributed by atoms with Gasteiger partial charge in [0.15, 0.2) is 0 Å². The van der Waals surface area contributed by atoms with E-state index in [0.29, 0.717) is 5.91 Å². The summed E-state index contributed by atoms with van der Waals surface area (Å²) < 4.78 is 0. The topological polar surface area (TPSA) is 40.5 Å². The summed E-state index contributed by atoms with van der Waals surface area (Å²) in [7, 11) is 0. The summed E-state index contributed by atoms with van der Waals surface area (Å²) in [6, 6.07) is 0.129. The molecule has 1 atom stereocenters. The predicted molar refractivity (Wildman–Crippen MR) is 53.8 cm³/mol. The van der Waals surface area contributed by atoms with Crippen LogP contribution < -0.4 is 0 Å². The van der Waals surface area contributed by atoms with Crippen molar-refractivity contribution in [3.05, 3.63) is 0 Å². The lowest BCUT2D eigenvalue weighted by molar-refractivity contribution is -0.146. The van der Waals surface area contributed by atoms with Gasteiger partial charge in [-0.1, -0.05) is 19.3 Å². The van der Waals surface area contributed by atoms with Gasteiger partial charge in [0.2, 0.25) is 5.91 Å². The molecular weight excluding hydrogens is 178 g/mol. The molecule has 2 fully saturated rings. The van der Waals surface area contributed by atoms with Crippen molar-refractivity contribution in [1.29, 1.82) is 0 Å². The highest BCUT2D eigenvalue weighted by molar-refractivity contribution is 5.80. The minimum absolute atomic E-state index is 0.129. The van der Waals surface area contributed by atoms with Crippen molar-refractivity contribution in [2.75, 3.05) is 13.2 Å². The number of hydrogen-bond donors (Lipinski definition) is 1. The lowest BCUT2D eigenvalue weighted by atomic mass is 9.86. The van der Waals surface area contributed by atoms with Crippen molar-refractivity contribution in [3.63, 3.8) is 0 Å². The van der Waals surface area contributed by atoms with Gasteiger partial charge in [-0.3, -0.25) is 4.79 Å². The molecule has 2 aliphatic rings. The van der Waals surface area contributed by atoms with Gasteiger partial charge in [-0.05, 0) is 19.3 Å². The number of likely N-dealkylation sites (tertiary alicyclic amines) is 1. The van der Waals surface area contributed by atoms with Crippen LogP contribution in [0.25, 0.3) is 0 Å². The number of nitrogens with zero attached hydrogens (tertiary/aromatic N) is 1. The van der Waals surface area contributed by atoms with Gasteiger partial charge in [0.1, 0.15) is 0 Å². The van der Waals surface area contributed by atoms with Gasteiger partial charge in [0.05, 0.1) is 12.6 Å². The van der Waals surface area contributed by atoms with Crippen LogP contribution in [-0.2, 0) is 4.79 Å². The quantitative estimate of drug-likeness (QED) is 0.721. The summed E-state index contributed by atoms with van der Waals surface area (Å²) in [6.45, 7) is 0.999. The number of carbonyl (C=O) groups is 1. The predicted octanol–water partition coefficient (Wildman–Crippen LogP) is 1.16. The van der Waals surface area contributed by atoms with Crippen LogP contribution in [0.15, 0.2) is 0 Å². The van der Waals surface area contributed by atoms with Crippen molar-refractivity contribution in [3.8, 4) is 0 Å². The first-order valence-corrected chi connectivity index (χ1v) is 5.74. The van der Waals surface area contributed by atoms with E-state index in [4.69, 9.17) is 5.11 Å². The Labute approximate surface area is 85.1 Å². The minimum Gasteiger partial charge on any atom is -0.394 e. The summed E-state index contributed by atoms with van der Waals surface area (Å²) in [5.74, 6) is 0.563. The zero-order valence-corrected chi connectivity index (χ0v) is 8.61. The average Bonchev–Trinajstić information content (AvgIpc) is 2.18. The largest absolute Gasteiger partial charge is 0.394 e. The molecule has 1 aliphatic carbocycles. The first kappa shape index (κ1) is 9.97. The fourth-order valence-electron chi connectivity index (χ4n) is 2.50. The van der Waals surface area contributed by atoms with E-state index in [2.05, 4.69) is 0 Å². The molecule has 1 unspecified atom stereocenters. The van der Waals surface area contributed by atoms with Crippen LogP contribution in [0.3, 0.4) is 0 Å². The third-order valence-electron chi connectivity index (χ3n) is 3.59. The number of hydrogen-bond acceptors (Lipinski definition) is 2. The van der Waals surface area contributed by atoms with Gasteiger partial charge in [-0.25, -0.2) is 0 Å². The summed E-state index contributed by atoms with van der Waals surface area (Å²) >= 11 is 0.